The smallest absolute Gasteiger partial charge is 0.268 e. The molecule has 0 atom stereocenters. The molecule has 0 radical (unpaired) electrons. The van der Waals surface area contributed by atoms with Crippen molar-refractivity contribution in [2.24, 2.45) is 0 Å². The summed E-state index contributed by atoms with van der Waals surface area (Å²) in [5, 5.41) is 12.1. The van der Waals surface area contributed by atoms with Gasteiger partial charge >= 0.3 is 0 Å². The first-order valence-electron chi connectivity index (χ1n) is 11.8. The van der Waals surface area contributed by atoms with E-state index in [1.54, 1.807) is 29.1 Å². The van der Waals surface area contributed by atoms with E-state index in [9.17, 15) is 4.79 Å². The zero-order valence-electron chi connectivity index (χ0n) is 21.4. The predicted molar refractivity (Wildman–Crippen MR) is 141 cm³/mol. The van der Waals surface area contributed by atoms with Gasteiger partial charge in [0.1, 0.15) is 5.69 Å². The summed E-state index contributed by atoms with van der Waals surface area (Å²) in [6.45, 7) is 15.0. The SMILES string of the molecule is Cc1cc(CNC(C)(C)C)ccc1-c1nnc(-c2nc(-c3ccc(=O)n(C(C)C)c3)cnc2C)o1.[HH].[HH]. The van der Waals surface area contributed by atoms with Gasteiger partial charge in [0.25, 0.3) is 11.4 Å². The van der Waals surface area contributed by atoms with Crippen LogP contribution in [-0.2, 0) is 6.54 Å². The van der Waals surface area contributed by atoms with Crippen LogP contribution in [0, 0.1) is 13.8 Å². The molecule has 8 nitrogen and oxygen atoms in total. The van der Waals surface area contributed by atoms with Crippen molar-refractivity contribution in [1.82, 2.24) is 30.0 Å². The maximum atomic E-state index is 12.1. The highest BCUT2D eigenvalue weighted by Gasteiger charge is 2.18. The molecule has 0 amide bonds. The van der Waals surface area contributed by atoms with E-state index in [4.69, 9.17) is 9.40 Å². The van der Waals surface area contributed by atoms with E-state index >= 15 is 0 Å². The molecule has 4 aromatic rings. The fourth-order valence-corrected chi connectivity index (χ4v) is 3.72. The van der Waals surface area contributed by atoms with E-state index in [1.807, 2.05) is 33.8 Å². The van der Waals surface area contributed by atoms with Crippen molar-refractivity contribution < 1.29 is 7.27 Å². The van der Waals surface area contributed by atoms with Crippen molar-refractivity contribution in [3.8, 4) is 34.3 Å². The summed E-state index contributed by atoms with van der Waals surface area (Å²) in [5.74, 6) is 0.745. The average molecular weight is 477 g/mol. The van der Waals surface area contributed by atoms with Crippen LogP contribution in [0.5, 0.6) is 0 Å². The van der Waals surface area contributed by atoms with Crippen LogP contribution in [0.4, 0.5) is 0 Å². The number of hydrogen-bond donors (Lipinski definition) is 1. The molecule has 1 aromatic carbocycles. The number of nitrogens with one attached hydrogen (secondary N) is 1. The summed E-state index contributed by atoms with van der Waals surface area (Å²) < 4.78 is 7.72. The number of aryl methyl sites for hydroxylation is 2. The lowest BCUT2D eigenvalue weighted by atomic mass is 10.0. The summed E-state index contributed by atoms with van der Waals surface area (Å²) in [4.78, 5) is 21.4. The number of aromatic nitrogens is 5. The van der Waals surface area contributed by atoms with Gasteiger partial charge in [-0.3, -0.25) is 9.78 Å². The highest BCUT2D eigenvalue weighted by atomic mass is 16.4. The Labute approximate surface area is 208 Å². The van der Waals surface area contributed by atoms with Gasteiger partial charge in [0.05, 0.1) is 17.6 Å². The molecule has 3 aromatic heterocycles. The minimum absolute atomic E-state index is 0. The Morgan fingerprint density at radius 1 is 1.09 bits per heavy atom. The third-order valence-electron chi connectivity index (χ3n) is 5.72. The fraction of sp³-hybridized carbons (Fsp3) is 0.370. The first kappa shape index (κ1) is 24.5. The van der Waals surface area contributed by atoms with Gasteiger partial charge in [-0.2, -0.15) is 0 Å². The van der Waals surface area contributed by atoms with Crippen molar-refractivity contribution in [3.05, 3.63) is 69.9 Å². The molecule has 0 aliphatic heterocycles. The van der Waals surface area contributed by atoms with Crippen LogP contribution in [0.2, 0.25) is 0 Å². The Morgan fingerprint density at radius 3 is 2.51 bits per heavy atom. The second-order valence-electron chi connectivity index (χ2n) is 10.1. The van der Waals surface area contributed by atoms with E-state index in [0.29, 0.717) is 28.9 Å². The quantitative estimate of drug-likeness (QED) is 0.387. The second-order valence-corrected chi connectivity index (χ2v) is 10.1. The molecule has 0 bridgehead atoms. The van der Waals surface area contributed by atoms with Crippen LogP contribution in [-0.4, -0.2) is 30.3 Å². The Balaban J connectivity index is 0.00000241. The molecule has 4 rings (SSSR count). The summed E-state index contributed by atoms with van der Waals surface area (Å²) in [6.07, 6.45) is 3.49. The van der Waals surface area contributed by atoms with Gasteiger partial charge in [0.15, 0.2) is 0 Å². The van der Waals surface area contributed by atoms with E-state index in [0.717, 1.165) is 23.2 Å². The van der Waals surface area contributed by atoms with Crippen molar-refractivity contribution in [2.75, 3.05) is 0 Å². The number of rotatable bonds is 6. The molecule has 1 N–H and O–H groups in total. The zero-order chi connectivity index (χ0) is 25.3. The Morgan fingerprint density at radius 2 is 1.83 bits per heavy atom. The van der Waals surface area contributed by atoms with E-state index in [-0.39, 0.29) is 20.0 Å². The normalized spacial score (nSPS) is 11.9. The summed E-state index contributed by atoms with van der Waals surface area (Å²) >= 11 is 0. The van der Waals surface area contributed by atoms with Gasteiger partial charge in [-0.05, 0) is 71.7 Å². The van der Waals surface area contributed by atoms with Crippen LogP contribution in [0.25, 0.3) is 34.3 Å². The zero-order valence-corrected chi connectivity index (χ0v) is 21.4. The van der Waals surface area contributed by atoms with Crippen LogP contribution < -0.4 is 10.9 Å². The monoisotopic (exact) mass is 476 g/mol. The van der Waals surface area contributed by atoms with E-state index < -0.39 is 0 Å². The fourth-order valence-electron chi connectivity index (χ4n) is 3.72. The molecule has 35 heavy (non-hydrogen) atoms. The van der Waals surface area contributed by atoms with Crippen LogP contribution >= 0.6 is 0 Å². The highest BCUT2D eigenvalue weighted by Crippen LogP contribution is 2.28. The van der Waals surface area contributed by atoms with Gasteiger partial charge in [0.2, 0.25) is 5.89 Å². The molecular weight excluding hydrogens is 440 g/mol. The van der Waals surface area contributed by atoms with Gasteiger partial charge in [-0.1, -0.05) is 12.1 Å². The standard InChI is InChI=1S/C27H32N6O2.2H2/c1-16(2)33-15-20(9-11-23(33)34)22-14-28-18(4)24(30-22)26-32-31-25(35-26)21-10-8-19(12-17(21)3)13-29-27(5,6)7;;/h8-12,14-16,29H,13H2,1-7H3;2*1H. The first-order valence-corrected chi connectivity index (χ1v) is 11.8. The number of pyridine rings is 1. The third-order valence-corrected chi connectivity index (χ3v) is 5.72. The number of hydrogen-bond acceptors (Lipinski definition) is 7. The third kappa shape index (κ3) is 5.54. The molecule has 0 aliphatic carbocycles. The maximum absolute atomic E-state index is 12.1. The Bertz CT molecular complexity index is 1420. The molecule has 0 saturated heterocycles. The largest absolute Gasteiger partial charge is 0.415 e. The van der Waals surface area contributed by atoms with Crippen LogP contribution in [0.3, 0.4) is 0 Å². The number of benzene rings is 1. The van der Waals surface area contributed by atoms with Crippen molar-refractivity contribution in [1.29, 1.82) is 0 Å². The molecule has 0 aliphatic rings. The van der Waals surface area contributed by atoms with Gasteiger partial charge in [-0.25, -0.2) is 4.98 Å². The minimum Gasteiger partial charge on any atom is -0.415 e. The van der Waals surface area contributed by atoms with Crippen LogP contribution in [0.15, 0.2) is 51.9 Å². The van der Waals surface area contributed by atoms with E-state index in [2.05, 4.69) is 53.4 Å². The first-order chi connectivity index (χ1) is 16.5. The van der Waals surface area contributed by atoms with Crippen molar-refractivity contribution in [3.63, 3.8) is 0 Å². The Hall–Kier alpha value is -3.65. The lowest BCUT2D eigenvalue weighted by Crippen LogP contribution is -2.35. The summed E-state index contributed by atoms with van der Waals surface area (Å²) in [7, 11) is 0. The molecule has 0 spiro atoms. The van der Waals surface area contributed by atoms with Gasteiger partial charge in [0, 0.05) is 44.4 Å². The maximum Gasteiger partial charge on any atom is 0.268 e. The predicted octanol–water partition coefficient (Wildman–Crippen LogP) is 5.60. The molecule has 3 heterocycles. The topological polar surface area (TPSA) is 98.7 Å². The molecule has 0 unspecified atom stereocenters. The summed E-state index contributed by atoms with van der Waals surface area (Å²) in [5.41, 5.74) is 5.75. The molecule has 0 saturated carbocycles. The van der Waals surface area contributed by atoms with Crippen LogP contribution in [0.1, 0.15) is 60.3 Å². The lowest BCUT2D eigenvalue weighted by molar-refractivity contribution is 0.424. The molecular formula is C27H36N6O2. The highest BCUT2D eigenvalue weighted by molar-refractivity contribution is 5.64. The number of nitrogens with zero attached hydrogens (tertiary/aromatic N) is 5. The van der Waals surface area contributed by atoms with E-state index in [1.165, 1.54) is 5.56 Å². The molecule has 8 heteroatoms. The molecule has 0 fully saturated rings. The minimum atomic E-state index is -0.0545. The van der Waals surface area contributed by atoms with Crippen molar-refractivity contribution >= 4 is 0 Å². The average Bonchev–Trinajstić information content (AvgIpc) is 3.27. The van der Waals surface area contributed by atoms with Gasteiger partial charge < -0.3 is 14.3 Å². The van der Waals surface area contributed by atoms with Gasteiger partial charge in [-0.15, -0.1) is 10.2 Å². The van der Waals surface area contributed by atoms with Crippen molar-refractivity contribution in [2.45, 2.75) is 66.6 Å². The second kappa shape index (κ2) is 9.54. The Kier molecular flexibility index (Phi) is 6.67. The summed E-state index contributed by atoms with van der Waals surface area (Å²) in [6, 6.07) is 9.55. The molecule has 186 valence electrons. The lowest BCUT2D eigenvalue weighted by Gasteiger charge is -2.20.